The molecule has 2 aromatic rings. The van der Waals surface area contributed by atoms with Crippen LogP contribution in [0.5, 0.6) is 0 Å². The monoisotopic (exact) mass is 359 g/mol. The standard InChI is InChI=1S/C18H18FN3O2S/c1-2-20-18(24)21-14-5-3-4-12(10-14)17-22(16(23)11-25-17)15-8-6-13(19)7-9-15/h3-10,17H,2,11H2,1H3,(H2,20,21,24). The summed E-state index contributed by atoms with van der Waals surface area (Å²) in [6.07, 6.45) is 0. The summed E-state index contributed by atoms with van der Waals surface area (Å²) in [6.45, 7) is 2.38. The van der Waals surface area contributed by atoms with Crippen LogP contribution < -0.4 is 15.5 Å². The van der Waals surface area contributed by atoms with Crippen LogP contribution in [-0.2, 0) is 4.79 Å². The highest BCUT2D eigenvalue weighted by Crippen LogP contribution is 2.42. The second-order valence-electron chi connectivity index (χ2n) is 5.51. The van der Waals surface area contributed by atoms with Crippen molar-refractivity contribution >= 4 is 35.1 Å². The van der Waals surface area contributed by atoms with Gasteiger partial charge >= 0.3 is 6.03 Å². The molecule has 130 valence electrons. The fourth-order valence-electron chi connectivity index (χ4n) is 2.66. The van der Waals surface area contributed by atoms with Crippen molar-refractivity contribution in [3.63, 3.8) is 0 Å². The van der Waals surface area contributed by atoms with Crippen LogP contribution in [0.1, 0.15) is 17.9 Å². The number of halogens is 1. The van der Waals surface area contributed by atoms with E-state index in [2.05, 4.69) is 10.6 Å². The predicted octanol–water partition coefficient (Wildman–Crippen LogP) is 3.75. The number of nitrogens with one attached hydrogen (secondary N) is 2. The van der Waals surface area contributed by atoms with E-state index in [4.69, 9.17) is 0 Å². The molecule has 0 aromatic heterocycles. The zero-order chi connectivity index (χ0) is 17.8. The summed E-state index contributed by atoms with van der Waals surface area (Å²) >= 11 is 1.50. The van der Waals surface area contributed by atoms with Gasteiger partial charge in [0.25, 0.3) is 0 Å². The van der Waals surface area contributed by atoms with E-state index in [0.29, 0.717) is 23.7 Å². The highest BCUT2D eigenvalue weighted by atomic mass is 32.2. The first-order valence-electron chi connectivity index (χ1n) is 7.92. The minimum Gasteiger partial charge on any atom is -0.338 e. The lowest BCUT2D eigenvalue weighted by Gasteiger charge is -2.24. The zero-order valence-corrected chi connectivity index (χ0v) is 14.5. The lowest BCUT2D eigenvalue weighted by molar-refractivity contribution is -0.115. The average Bonchev–Trinajstić information content (AvgIpc) is 2.98. The summed E-state index contributed by atoms with van der Waals surface area (Å²) in [5, 5.41) is 5.23. The van der Waals surface area contributed by atoms with Gasteiger partial charge in [-0.1, -0.05) is 12.1 Å². The smallest absolute Gasteiger partial charge is 0.319 e. The van der Waals surface area contributed by atoms with E-state index in [9.17, 15) is 14.0 Å². The molecular formula is C18H18FN3O2S. The Bertz CT molecular complexity index is 782. The molecule has 3 rings (SSSR count). The molecule has 1 saturated heterocycles. The molecule has 5 nitrogen and oxygen atoms in total. The zero-order valence-electron chi connectivity index (χ0n) is 13.7. The maximum Gasteiger partial charge on any atom is 0.319 e. The molecule has 7 heteroatoms. The third-order valence-corrected chi connectivity index (χ3v) is 4.95. The molecule has 0 saturated carbocycles. The van der Waals surface area contributed by atoms with Gasteiger partial charge in [-0.05, 0) is 48.9 Å². The maximum absolute atomic E-state index is 13.2. The SMILES string of the molecule is CCNC(=O)Nc1cccc(C2SCC(=O)N2c2ccc(F)cc2)c1. The van der Waals surface area contributed by atoms with Gasteiger partial charge in [0.2, 0.25) is 5.91 Å². The molecule has 1 fully saturated rings. The van der Waals surface area contributed by atoms with Gasteiger partial charge in [0.15, 0.2) is 0 Å². The van der Waals surface area contributed by atoms with Crippen LogP contribution in [-0.4, -0.2) is 24.2 Å². The van der Waals surface area contributed by atoms with Crippen molar-refractivity contribution < 1.29 is 14.0 Å². The van der Waals surface area contributed by atoms with Crippen LogP contribution in [0.2, 0.25) is 0 Å². The molecule has 1 atom stereocenters. The van der Waals surface area contributed by atoms with Crippen LogP contribution in [0.4, 0.5) is 20.6 Å². The lowest BCUT2D eigenvalue weighted by Crippen LogP contribution is -2.29. The first-order valence-corrected chi connectivity index (χ1v) is 8.97. The molecule has 0 radical (unpaired) electrons. The van der Waals surface area contributed by atoms with Crippen LogP contribution >= 0.6 is 11.8 Å². The highest BCUT2D eigenvalue weighted by molar-refractivity contribution is 8.00. The summed E-state index contributed by atoms with van der Waals surface area (Å²) < 4.78 is 13.2. The molecule has 2 aromatic carbocycles. The van der Waals surface area contributed by atoms with Crippen molar-refractivity contribution in [2.24, 2.45) is 0 Å². The molecule has 3 amide bonds. The van der Waals surface area contributed by atoms with E-state index in [-0.39, 0.29) is 23.1 Å². The normalized spacial score (nSPS) is 16.8. The van der Waals surface area contributed by atoms with Gasteiger partial charge in [0.1, 0.15) is 11.2 Å². The van der Waals surface area contributed by atoms with E-state index in [1.54, 1.807) is 23.1 Å². The molecule has 1 aliphatic heterocycles. The molecule has 1 aliphatic rings. The topological polar surface area (TPSA) is 61.4 Å². The minimum absolute atomic E-state index is 0.0244. The molecular weight excluding hydrogens is 341 g/mol. The number of rotatable bonds is 4. The number of hydrogen-bond donors (Lipinski definition) is 2. The van der Waals surface area contributed by atoms with Crippen LogP contribution in [0, 0.1) is 5.82 Å². The molecule has 1 unspecified atom stereocenters. The highest BCUT2D eigenvalue weighted by Gasteiger charge is 2.34. The van der Waals surface area contributed by atoms with Gasteiger partial charge in [-0.25, -0.2) is 9.18 Å². The average molecular weight is 359 g/mol. The lowest BCUT2D eigenvalue weighted by atomic mass is 10.1. The first-order chi connectivity index (χ1) is 12.1. The summed E-state index contributed by atoms with van der Waals surface area (Å²) in [5.41, 5.74) is 2.21. The first kappa shape index (κ1) is 17.3. The Morgan fingerprint density at radius 1 is 1.28 bits per heavy atom. The van der Waals surface area contributed by atoms with Crippen LogP contribution in [0.25, 0.3) is 0 Å². The van der Waals surface area contributed by atoms with Gasteiger partial charge in [-0.15, -0.1) is 11.8 Å². The van der Waals surface area contributed by atoms with Crippen molar-refractivity contribution in [2.45, 2.75) is 12.3 Å². The number of anilines is 2. The third kappa shape index (κ3) is 3.93. The molecule has 0 aliphatic carbocycles. The summed E-state index contributed by atoms with van der Waals surface area (Å²) in [5.74, 6) is -0.00725. The molecule has 1 heterocycles. The van der Waals surface area contributed by atoms with Gasteiger partial charge < -0.3 is 10.6 Å². The summed E-state index contributed by atoms with van der Waals surface area (Å²) in [4.78, 5) is 25.7. The fraction of sp³-hybridized carbons (Fsp3) is 0.222. The number of amides is 3. The molecule has 2 N–H and O–H groups in total. The van der Waals surface area contributed by atoms with Crippen molar-refractivity contribution in [1.29, 1.82) is 0 Å². The largest absolute Gasteiger partial charge is 0.338 e. The Balaban J connectivity index is 1.85. The number of urea groups is 1. The van der Waals surface area contributed by atoms with Crippen LogP contribution in [0.3, 0.4) is 0 Å². The second kappa shape index (κ2) is 7.57. The number of hydrogen-bond acceptors (Lipinski definition) is 3. The second-order valence-corrected chi connectivity index (χ2v) is 6.58. The molecule has 25 heavy (non-hydrogen) atoms. The van der Waals surface area contributed by atoms with Crippen molar-refractivity contribution in [3.05, 3.63) is 59.9 Å². The molecule has 0 bridgehead atoms. The van der Waals surface area contributed by atoms with Gasteiger partial charge in [0, 0.05) is 17.9 Å². The number of carbonyl (C=O) groups is 2. The Morgan fingerprint density at radius 3 is 2.76 bits per heavy atom. The number of nitrogens with zero attached hydrogens (tertiary/aromatic N) is 1. The van der Waals surface area contributed by atoms with Crippen molar-refractivity contribution in [2.75, 3.05) is 22.5 Å². The third-order valence-electron chi connectivity index (χ3n) is 3.74. The predicted molar refractivity (Wildman–Crippen MR) is 98.2 cm³/mol. The van der Waals surface area contributed by atoms with Crippen LogP contribution in [0.15, 0.2) is 48.5 Å². The van der Waals surface area contributed by atoms with E-state index in [1.165, 1.54) is 23.9 Å². The van der Waals surface area contributed by atoms with E-state index in [0.717, 1.165) is 5.56 Å². The minimum atomic E-state index is -0.340. The van der Waals surface area contributed by atoms with Crippen molar-refractivity contribution in [3.8, 4) is 0 Å². The Kier molecular flexibility index (Phi) is 5.23. The summed E-state index contributed by atoms with van der Waals surface area (Å²) in [7, 11) is 0. The van der Waals surface area contributed by atoms with Gasteiger partial charge in [-0.3, -0.25) is 9.69 Å². The maximum atomic E-state index is 13.2. The van der Waals surface area contributed by atoms with E-state index >= 15 is 0 Å². The van der Waals surface area contributed by atoms with Gasteiger partial charge in [-0.2, -0.15) is 0 Å². The van der Waals surface area contributed by atoms with E-state index < -0.39 is 0 Å². The number of thioether (sulfide) groups is 1. The fourth-order valence-corrected chi connectivity index (χ4v) is 3.82. The van der Waals surface area contributed by atoms with E-state index in [1.807, 2.05) is 25.1 Å². The summed E-state index contributed by atoms with van der Waals surface area (Å²) in [6, 6.07) is 13.0. The van der Waals surface area contributed by atoms with Crippen molar-refractivity contribution in [1.82, 2.24) is 5.32 Å². The number of carbonyl (C=O) groups excluding carboxylic acids is 2. The Morgan fingerprint density at radius 2 is 2.04 bits per heavy atom. The Labute approximate surface area is 149 Å². The van der Waals surface area contributed by atoms with Gasteiger partial charge in [0.05, 0.1) is 5.75 Å². The quantitative estimate of drug-likeness (QED) is 0.874. The molecule has 0 spiro atoms. The number of benzene rings is 2. The Hall–Kier alpha value is -2.54.